The average molecular weight is 416 g/mol. The van der Waals surface area contributed by atoms with Gasteiger partial charge in [0.25, 0.3) is 5.91 Å². The highest BCUT2D eigenvalue weighted by atomic mass is 16.2. The summed E-state index contributed by atoms with van der Waals surface area (Å²) in [5.74, 6) is 1.31. The number of rotatable bonds is 5. The lowest BCUT2D eigenvalue weighted by Gasteiger charge is -2.14. The Morgan fingerprint density at radius 3 is 2.68 bits per heavy atom. The van der Waals surface area contributed by atoms with E-state index in [1.807, 2.05) is 47.6 Å². The Labute approximate surface area is 180 Å². The van der Waals surface area contributed by atoms with Crippen molar-refractivity contribution in [1.82, 2.24) is 24.6 Å². The molecule has 0 spiro atoms. The molecule has 3 aromatic rings. The molecule has 0 unspecified atom stereocenters. The van der Waals surface area contributed by atoms with Crippen molar-refractivity contribution in [2.75, 3.05) is 5.32 Å². The molecule has 1 N–H and O–H groups in total. The number of anilines is 1. The molecule has 0 radical (unpaired) electrons. The quantitative estimate of drug-likeness (QED) is 0.688. The number of aromatic nitrogens is 4. The van der Waals surface area contributed by atoms with E-state index in [1.54, 1.807) is 18.5 Å². The van der Waals surface area contributed by atoms with Crippen LogP contribution < -0.4 is 5.32 Å². The van der Waals surface area contributed by atoms with E-state index in [0.717, 1.165) is 24.0 Å². The Bertz CT molecular complexity index is 1160. The molecule has 8 nitrogen and oxygen atoms in total. The highest BCUT2D eigenvalue weighted by molar-refractivity contribution is 6.04. The highest BCUT2D eigenvalue weighted by Crippen LogP contribution is 2.34. The fourth-order valence-corrected chi connectivity index (χ4v) is 3.90. The number of pyridine rings is 1. The summed E-state index contributed by atoms with van der Waals surface area (Å²) in [7, 11) is 0. The van der Waals surface area contributed by atoms with Crippen LogP contribution in [-0.4, -0.2) is 36.5 Å². The Kier molecular flexibility index (Phi) is 4.77. The molecule has 1 aliphatic heterocycles. The predicted octanol–water partition coefficient (Wildman–Crippen LogP) is 3.43. The van der Waals surface area contributed by atoms with Gasteiger partial charge in [-0.15, -0.1) is 10.2 Å². The van der Waals surface area contributed by atoms with Gasteiger partial charge in [0, 0.05) is 30.6 Å². The smallest absolute Gasteiger partial charge is 0.256 e. The van der Waals surface area contributed by atoms with Crippen molar-refractivity contribution >= 4 is 17.6 Å². The van der Waals surface area contributed by atoms with Crippen LogP contribution >= 0.6 is 0 Å². The number of fused-ring (bicyclic) bond motifs is 1. The van der Waals surface area contributed by atoms with E-state index in [2.05, 4.69) is 20.5 Å². The summed E-state index contributed by atoms with van der Waals surface area (Å²) in [6.07, 6.45) is 3.67. The third-order valence-electron chi connectivity index (χ3n) is 5.78. The first-order chi connectivity index (χ1) is 15.0. The molecule has 1 aliphatic carbocycles. The van der Waals surface area contributed by atoms with Gasteiger partial charge in [-0.1, -0.05) is 12.1 Å². The minimum atomic E-state index is -0.232. The number of carbonyl (C=O) groups excluding carboxylic acids is 2. The second-order valence-corrected chi connectivity index (χ2v) is 8.47. The van der Waals surface area contributed by atoms with Crippen molar-refractivity contribution in [2.45, 2.75) is 45.8 Å². The van der Waals surface area contributed by atoms with Gasteiger partial charge in [0.15, 0.2) is 5.82 Å². The molecule has 2 aromatic heterocycles. The van der Waals surface area contributed by atoms with Crippen molar-refractivity contribution in [3.8, 4) is 11.5 Å². The van der Waals surface area contributed by atoms with E-state index in [0.29, 0.717) is 36.0 Å². The molecule has 1 aromatic carbocycles. The second-order valence-electron chi connectivity index (χ2n) is 8.47. The van der Waals surface area contributed by atoms with Gasteiger partial charge in [0.05, 0.1) is 0 Å². The topological polar surface area (TPSA) is 93.0 Å². The molecule has 0 atom stereocenters. The summed E-state index contributed by atoms with van der Waals surface area (Å²) in [6.45, 7) is 5.30. The van der Waals surface area contributed by atoms with Gasteiger partial charge in [0.2, 0.25) is 5.91 Å². The maximum Gasteiger partial charge on any atom is 0.256 e. The minimum absolute atomic E-state index is 0.197. The average Bonchev–Trinajstić information content (AvgIpc) is 3.33. The molecule has 2 aliphatic rings. The molecule has 0 bridgehead atoms. The summed E-state index contributed by atoms with van der Waals surface area (Å²) in [6, 6.07) is 11.3. The molecule has 0 saturated heterocycles. The van der Waals surface area contributed by atoms with Gasteiger partial charge in [-0.2, -0.15) is 0 Å². The van der Waals surface area contributed by atoms with Gasteiger partial charge in [-0.25, -0.2) is 4.98 Å². The zero-order valence-corrected chi connectivity index (χ0v) is 17.6. The Balaban J connectivity index is 1.32. The molecule has 31 heavy (non-hydrogen) atoms. The van der Waals surface area contributed by atoms with Gasteiger partial charge >= 0.3 is 0 Å². The van der Waals surface area contributed by atoms with Crippen molar-refractivity contribution in [2.24, 2.45) is 5.92 Å². The fraction of sp³-hybridized carbons (Fsp3) is 0.348. The van der Waals surface area contributed by atoms with Crippen LogP contribution in [0.5, 0.6) is 0 Å². The van der Waals surface area contributed by atoms with Crippen molar-refractivity contribution in [1.29, 1.82) is 0 Å². The van der Waals surface area contributed by atoms with E-state index in [4.69, 9.17) is 0 Å². The molecule has 1 saturated carbocycles. The number of nitrogens with one attached hydrogen (secondary N) is 1. The normalized spacial score (nSPS) is 15.3. The first-order valence-electron chi connectivity index (χ1n) is 10.6. The molecule has 5 rings (SSSR count). The minimum Gasteiger partial charge on any atom is -0.334 e. The van der Waals surface area contributed by atoms with Gasteiger partial charge < -0.3 is 14.8 Å². The van der Waals surface area contributed by atoms with Crippen LogP contribution in [-0.2, 0) is 17.9 Å². The first kappa shape index (κ1) is 19.4. The number of carbonyl (C=O) groups is 2. The van der Waals surface area contributed by atoms with Crippen molar-refractivity contribution in [3.05, 3.63) is 59.4 Å². The number of nitrogens with zero attached hydrogens (tertiary/aromatic N) is 5. The van der Waals surface area contributed by atoms with Crippen LogP contribution in [0.25, 0.3) is 11.5 Å². The summed E-state index contributed by atoms with van der Waals surface area (Å²) >= 11 is 0. The molecule has 158 valence electrons. The summed E-state index contributed by atoms with van der Waals surface area (Å²) in [5.41, 5.74) is 3.34. The fourth-order valence-electron chi connectivity index (χ4n) is 3.90. The number of amides is 2. The third kappa shape index (κ3) is 3.81. The zero-order chi connectivity index (χ0) is 21.5. The number of hydrogen-bond acceptors (Lipinski definition) is 5. The van der Waals surface area contributed by atoms with Crippen LogP contribution in [0.4, 0.5) is 5.82 Å². The molecular formula is C23H24N6O2. The van der Waals surface area contributed by atoms with E-state index >= 15 is 0 Å². The van der Waals surface area contributed by atoms with Gasteiger partial charge in [-0.05, 0) is 62.1 Å². The first-order valence-corrected chi connectivity index (χ1v) is 10.6. The van der Waals surface area contributed by atoms with E-state index in [-0.39, 0.29) is 23.8 Å². The van der Waals surface area contributed by atoms with Crippen LogP contribution in [0.15, 0.2) is 42.7 Å². The lowest BCUT2D eigenvalue weighted by Crippen LogP contribution is -2.26. The van der Waals surface area contributed by atoms with E-state index < -0.39 is 0 Å². The monoisotopic (exact) mass is 416 g/mol. The van der Waals surface area contributed by atoms with Crippen LogP contribution in [0.3, 0.4) is 0 Å². The molecular weight excluding hydrogens is 392 g/mol. The lowest BCUT2D eigenvalue weighted by atomic mass is 10.1. The Hall–Kier alpha value is -3.55. The summed E-state index contributed by atoms with van der Waals surface area (Å²) in [5, 5.41) is 11.0. The van der Waals surface area contributed by atoms with Crippen LogP contribution in [0.1, 0.15) is 54.2 Å². The largest absolute Gasteiger partial charge is 0.334 e. The summed E-state index contributed by atoms with van der Waals surface area (Å²) < 4.78 is 1.93. The number of benzene rings is 1. The van der Waals surface area contributed by atoms with E-state index in [1.165, 1.54) is 0 Å². The zero-order valence-electron chi connectivity index (χ0n) is 17.6. The maximum absolute atomic E-state index is 12.9. The van der Waals surface area contributed by atoms with Crippen LogP contribution in [0, 0.1) is 5.92 Å². The highest BCUT2D eigenvalue weighted by Gasteiger charge is 2.35. The standard InChI is InChI=1S/C23H24N6O2/c1-14(2)29-13-24-27-21(29)19-4-3-5-20(25-19)26-22(30)16-8-9-17-11-28(12-18(17)10-16)23(31)15-6-7-15/h3-5,8-10,13-15H,6-7,11-12H2,1-2H3,(H,25,26,30). The van der Waals surface area contributed by atoms with Crippen molar-refractivity contribution in [3.63, 3.8) is 0 Å². The summed E-state index contributed by atoms with van der Waals surface area (Å²) in [4.78, 5) is 31.7. The van der Waals surface area contributed by atoms with Crippen molar-refractivity contribution < 1.29 is 9.59 Å². The third-order valence-corrected chi connectivity index (χ3v) is 5.78. The SMILES string of the molecule is CC(C)n1cnnc1-c1cccc(NC(=O)c2ccc3c(c2)CN(C(=O)C2CC2)C3)n1. The maximum atomic E-state index is 12.9. The molecule has 8 heteroatoms. The van der Waals surface area contributed by atoms with Gasteiger partial charge in [-0.3, -0.25) is 9.59 Å². The lowest BCUT2D eigenvalue weighted by molar-refractivity contribution is -0.133. The van der Waals surface area contributed by atoms with E-state index in [9.17, 15) is 9.59 Å². The Morgan fingerprint density at radius 1 is 1.10 bits per heavy atom. The Morgan fingerprint density at radius 2 is 1.90 bits per heavy atom. The molecule has 2 amide bonds. The van der Waals surface area contributed by atoms with Gasteiger partial charge in [0.1, 0.15) is 17.8 Å². The molecule has 3 heterocycles. The van der Waals surface area contributed by atoms with Crippen LogP contribution in [0.2, 0.25) is 0 Å². The second kappa shape index (κ2) is 7.61. The predicted molar refractivity (Wildman–Crippen MR) is 115 cm³/mol. The molecule has 1 fully saturated rings. The number of hydrogen-bond donors (Lipinski definition) is 1.